The van der Waals surface area contributed by atoms with Gasteiger partial charge >= 0.3 is 0 Å². The molecular weight excluding hydrogens is 132 g/mol. The highest BCUT2D eigenvalue weighted by molar-refractivity contribution is 4.85. The van der Waals surface area contributed by atoms with Gasteiger partial charge in [-0.2, -0.15) is 0 Å². The molecule has 0 heteroatoms. The van der Waals surface area contributed by atoms with E-state index in [4.69, 9.17) is 0 Å². The zero-order valence-electron chi connectivity index (χ0n) is 8.43. The number of hydrogen-bond acceptors (Lipinski definition) is 0. The van der Waals surface area contributed by atoms with Gasteiger partial charge < -0.3 is 0 Å². The molecule has 0 N–H and O–H groups in total. The molecule has 4 unspecified atom stereocenters. The first-order valence-electron chi connectivity index (χ1n) is 5.20. The minimum absolute atomic E-state index is 0.986. The van der Waals surface area contributed by atoms with Crippen LogP contribution in [0.3, 0.4) is 0 Å². The Morgan fingerprint density at radius 3 is 2.00 bits per heavy atom. The van der Waals surface area contributed by atoms with E-state index >= 15 is 0 Å². The minimum atomic E-state index is 0.986. The summed E-state index contributed by atoms with van der Waals surface area (Å²) in [6.07, 6.45) is 4.26. The summed E-state index contributed by atoms with van der Waals surface area (Å²) in [5.74, 6) is 4.01. The van der Waals surface area contributed by atoms with Crippen molar-refractivity contribution in [2.24, 2.45) is 23.7 Å². The van der Waals surface area contributed by atoms with Gasteiger partial charge in [0.2, 0.25) is 0 Å². The molecule has 66 valence electrons. The molecule has 0 nitrogen and oxygen atoms in total. The first-order valence-corrected chi connectivity index (χ1v) is 5.20. The maximum absolute atomic E-state index is 2.45. The second kappa shape index (κ2) is 3.60. The molecule has 0 spiro atoms. The Hall–Kier alpha value is 0. The lowest BCUT2D eigenvalue weighted by Crippen LogP contribution is -2.11. The van der Waals surface area contributed by atoms with Gasteiger partial charge in [-0.1, -0.05) is 40.5 Å². The van der Waals surface area contributed by atoms with Crippen LogP contribution in [0.2, 0.25) is 0 Å². The fourth-order valence-electron chi connectivity index (χ4n) is 3.05. The Morgan fingerprint density at radius 2 is 1.73 bits per heavy atom. The smallest absolute Gasteiger partial charge is 0.0363 e. The Labute approximate surface area is 71.4 Å². The van der Waals surface area contributed by atoms with Crippen molar-refractivity contribution in [2.75, 3.05) is 0 Å². The number of rotatable bonds is 2. The van der Waals surface area contributed by atoms with E-state index in [0.29, 0.717) is 0 Å². The SMILES string of the molecule is CCC1CC(C)C(CC)C1C. The van der Waals surface area contributed by atoms with Crippen molar-refractivity contribution in [3.63, 3.8) is 0 Å². The lowest BCUT2D eigenvalue weighted by Gasteiger charge is -2.19. The predicted octanol–water partition coefficient (Wildman–Crippen LogP) is 3.71. The molecule has 0 heterocycles. The molecule has 0 radical (unpaired) electrons. The Balaban J connectivity index is 2.55. The fraction of sp³-hybridized carbons (Fsp3) is 1.00. The molecular formula is C11H22. The molecule has 0 aromatic carbocycles. The quantitative estimate of drug-likeness (QED) is 0.568. The second-order valence-corrected chi connectivity index (χ2v) is 4.31. The molecule has 0 aromatic rings. The first-order chi connectivity index (χ1) is 5.20. The van der Waals surface area contributed by atoms with Crippen LogP contribution >= 0.6 is 0 Å². The zero-order valence-corrected chi connectivity index (χ0v) is 8.43. The van der Waals surface area contributed by atoms with Gasteiger partial charge in [0.1, 0.15) is 0 Å². The summed E-state index contributed by atoms with van der Waals surface area (Å²) in [6.45, 7) is 9.56. The third-order valence-corrected chi connectivity index (χ3v) is 3.82. The topological polar surface area (TPSA) is 0 Å². The van der Waals surface area contributed by atoms with Crippen molar-refractivity contribution < 1.29 is 0 Å². The van der Waals surface area contributed by atoms with Crippen LogP contribution in [-0.2, 0) is 0 Å². The third kappa shape index (κ3) is 1.60. The summed E-state index contributed by atoms with van der Waals surface area (Å²) >= 11 is 0. The van der Waals surface area contributed by atoms with E-state index in [1.54, 1.807) is 0 Å². The molecule has 1 rings (SSSR count). The van der Waals surface area contributed by atoms with Crippen molar-refractivity contribution in [3.8, 4) is 0 Å². The molecule has 1 fully saturated rings. The molecule has 0 amide bonds. The Morgan fingerprint density at radius 1 is 1.09 bits per heavy atom. The second-order valence-electron chi connectivity index (χ2n) is 4.31. The normalized spacial score (nSPS) is 44.7. The molecule has 1 saturated carbocycles. The molecule has 0 bridgehead atoms. The van der Waals surface area contributed by atoms with Crippen LogP contribution in [0, 0.1) is 23.7 Å². The van der Waals surface area contributed by atoms with Crippen LogP contribution in [0.4, 0.5) is 0 Å². The van der Waals surface area contributed by atoms with Gasteiger partial charge in [0, 0.05) is 0 Å². The summed E-state index contributed by atoms with van der Waals surface area (Å²) in [5, 5.41) is 0. The zero-order chi connectivity index (χ0) is 8.43. The fourth-order valence-corrected chi connectivity index (χ4v) is 3.05. The summed E-state index contributed by atoms with van der Waals surface area (Å²) in [4.78, 5) is 0. The van der Waals surface area contributed by atoms with E-state index in [1.807, 2.05) is 0 Å². The van der Waals surface area contributed by atoms with Crippen molar-refractivity contribution in [3.05, 3.63) is 0 Å². The standard InChI is InChI=1S/C11H22/c1-5-10-7-8(3)11(6-2)9(10)4/h8-11H,5-7H2,1-4H3. The van der Waals surface area contributed by atoms with Crippen LogP contribution in [0.15, 0.2) is 0 Å². The first kappa shape index (κ1) is 9.09. The third-order valence-electron chi connectivity index (χ3n) is 3.82. The molecule has 1 aliphatic rings. The van der Waals surface area contributed by atoms with E-state index < -0.39 is 0 Å². The molecule has 11 heavy (non-hydrogen) atoms. The maximum atomic E-state index is 2.45. The van der Waals surface area contributed by atoms with Crippen LogP contribution in [0.1, 0.15) is 47.0 Å². The highest BCUT2D eigenvalue weighted by atomic mass is 14.4. The van der Waals surface area contributed by atoms with Gasteiger partial charge in [-0.3, -0.25) is 0 Å². The lowest BCUT2D eigenvalue weighted by atomic mass is 9.86. The maximum Gasteiger partial charge on any atom is -0.0363 e. The van der Waals surface area contributed by atoms with E-state index in [1.165, 1.54) is 19.3 Å². The van der Waals surface area contributed by atoms with E-state index in [9.17, 15) is 0 Å². The van der Waals surface area contributed by atoms with Crippen molar-refractivity contribution in [1.82, 2.24) is 0 Å². The van der Waals surface area contributed by atoms with Crippen molar-refractivity contribution in [2.45, 2.75) is 47.0 Å². The largest absolute Gasteiger partial charge is 0.0651 e. The minimum Gasteiger partial charge on any atom is -0.0651 e. The number of hydrogen-bond donors (Lipinski definition) is 0. The summed E-state index contributed by atoms with van der Waals surface area (Å²) < 4.78 is 0. The summed E-state index contributed by atoms with van der Waals surface area (Å²) in [5.41, 5.74) is 0. The van der Waals surface area contributed by atoms with Gasteiger partial charge in [0.15, 0.2) is 0 Å². The lowest BCUT2D eigenvalue weighted by molar-refractivity contribution is 0.302. The summed E-state index contributed by atoms with van der Waals surface area (Å²) in [7, 11) is 0. The van der Waals surface area contributed by atoms with Crippen molar-refractivity contribution in [1.29, 1.82) is 0 Å². The van der Waals surface area contributed by atoms with Gasteiger partial charge in [0.25, 0.3) is 0 Å². The Bertz CT molecular complexity index is 117. The molecule has 0 aliphatic heterocycles. The van der Waals surface area contributed by atoms with Crippen molar-refractivity contribution >= 4 is 0 Å². The van der Waals surface area contributed by atoms with Crippen LogP contribution in [0.25, 0.3) is 0 Å². The highest BCUT2D eigenvalue weighted by Gasteiger charge is 2.35. The van der Waals surface area contributed by atoms with Gasteiger partial charge in [-0.25, -0.2) is 0 Å². The monoisotopic (exact) mass is 154 g/mol. The highest BCUT2D eigenvalue weighted by Crippen LogP contribution is 2.44. The molecule has 1 aliphatic carbocycles. The van der Waals surface area contributed by atoms with Crippen LogP contribution in [0.5, 0.6) is 0 Å². The van der Waals surface area contributed by atoms with Gasteiger partial charge in [-0.05, 0) is 30.1 Å². The van der Waals surface area contributed by atoms with Gasteiger partial charge in [-0.15, -0.1) is 0 Å². The Kier molecular flexibility index (Phi) is 2.98. The average molecular weight is 154 g/mol. The van der Waals surface area contributed by atoms with E-state index in [0.717, 1.165) is 23.7 Å². The van der Waals surface area contributed by atoms with Crippen LogP contribution in [-0.4, -0.2) is 0 Å². The predicted molar refractivity (Wildman–Crippen MR) is 50.5 cm³/mol. The summed E-state index contributed by atoms with van der Waals surface area (Å²) in [6, 6.07) is 0. The van der Waals surface area contributed by atoms with Crippen LogP contribution < -0.4 is 0 Å². The van der Waals surface area contributed by atoms with E-state index in [2.05, 4.69) is 27.7 Å². The molecule has 0 aromatic heterocycles. The molecule has 4 atom stereocenters. The molecule has 0 saturated heterocycles. The average Bonchev–Trinajstić information content (AvgIpc) is 2.26. The van der Waals surface area contributed by atoms with Gasteiger partial charge in [0.05, 0.1) is 0 Å². The van der Waals surface area contributed by atoms with E-state index in [-0.39, 0.29) is 0 Å².